The van der Waals surface area contributed by atoms with Crippen LogP contribution in [-0.2, 0) is 0 Å². The highest BCUT2D eigenvalue weighted by Gasteiger charge is 2.31. The number of piperazine rings is 3. The number of carbonyl (C=O) groups is 1. The van der Waals surface area contributed by atoms with Gasteiger partial charge >= 0.3 is 0 Å². The summed E-state index contributed by atoms with van der Waals surface area (Å²) in [7, 11) is 0. The molecule has 1 atom stereocenters. The van der Waals surface area contributed by atoms with Crippen molar-refractivity contribution in [1.29, 1.82) is 0 Å². The van der Waals surface area contributed by atoms with Crippen molar-refractivity contribution in [3.05, 3.63) is 27.9 Å². The topological polar surface area (TPSA) is 118 Å². The maximum Gasteiger partial charge on any atom is 0.288 e. The number of amides is 1. The fraction of sp³-hybridized carbons (Fsp3) is 0.538. The highest BCUT2D eigenvalue weighted by atomic mass is 16.6. The summed E-state index contributed by atoms with van der Waals surface area (Å²) in [6, 6.07) is 1.51. The lowest BCUT2D eigenvalue weighted by Crippen LogP contribution is -2.62. The van der Waals surface area contributed by atoms with E-state index in [0.717, 1.165) is 45.0 Å². The van der Waals surface area contributed by atoms with E-state index >= 15 is 0 Å². The first-order chi connectivity index (χ1) is 10.5. The van der Waals surface area contributed by atoms with Gasteiger partial charge in [-0.25, -0.2) is 4.98 Å². The zero-order chi connectivity index (χ0) is 15.7. The van der Waals surface area contributed by atoms with Crippen molar-refractivity contribution < 1.29 is 9.72 Å². The van der Waals surface area contributed by atoms with Gasteiger partial charge in [-0.2, -0.15) is 0 Å². The summed E-state index contributed by atoms with van der Waals surface area (Å²) in [4.78, 5) is 30.4. The second kappa shape index (κ2) is 5.85. The molecule has 0 radical (unpaired) electrons. The van der Waals surface area contributed by atoms with Gasteiger partial charge in [0.25, 0.3) is 11.6 Å². The molecule has 9 heteroatoms. The number of nitrogens with zero attached hydrogens (tertiary/aromatic N) is 4. The molecule has 22 heavy (non-hydrogen) atoms. The van der Waals surface area contributed by atoms with Crippen molar-refractivity contribution in [1.82, 2.24) is 14.8 Å². The normalized spacial score (nSPS) is 26.6. The van der Waals surface area contributed by atoms with Crippen LogP contribution in [-0.4, -0.2) is 70.9 Å². The van der Waals surface area contributed by atoms with Crippen LogP contribution in [0.2, 0.25) is 0 Å². The molecule has 0 aliphatic carbocycles. The summed E-state index contributed by atoms with van der Waals surface area (Å²) in [5, 5.41) is 13.9. The van der Waals surface area contributed by atoms with E-state index in [1.54, 1.807) is 0 Å². The van der Waals surface area contributed by atoms with Gasteiger partial charge in [0.2, 0.25) is 0 Å². The molecule has 1 aromatic heterocycles. The largest absolute Gasteiger partial charge is 0.368 e. The van der Waals surface area contributed by atoms with Crippen molar-refractivity contribution in [3.63, 3.8) is 0 Å². The lowest BCUT2D eigenvalue weighted by atomic mass is 10.1. The Balaban J connectivity index is 1.72. The number of nitrogens with one attached hydrogen (secondary N) is 1. The summed E-state index contributed by atoms with van der Waals surface area (Å²) in [6.45, 7) is 5.89. The Morgan fingerprint density at radius 3 is 2.73 bits per heavy atom. The Kier molecular flexibility index (Phi) is 3.90. The minimum Gasteiger partial charge on any atom is -0.368 e. The molecule has 1 amide bonds. The van der Waals surface area contributed by atoms with E-state index in [0.29, 0.717) is 18.4 Å². The average molecular weight is 306 g/mol. The molecule has 3 aliphatic rings. The number of rotatable bonds is 5. The van der Waals surface area contributed by atoms with Gasteiger partial charge in [0.15, 0.2) is 0 Å². The molecule has 0 saturated carbocycles. The Morgan fingerprint density at radius 2 is 2.18 bits per heavy atom. The highest BCUT2D eigenvalue weighted by Crippen LogP contribution is 2.20. The van der Waals surface area contributed by atoms with Gasteiger partial charge in [0.1, 0.15) is 12.0 Å². The number of nitrogens with two attached hydrogens (primary N) is 1. The van der Waals surface area contributed by atoms with Crippen LogP contribution >= 0.6 is 0 Å². The SMILES string of the molecule is NC(=O)c1cc([N+](=O)[O-])cnc1NCC1CN2CCN1CC2. The zero-order valence-corrected chi connectivity index (χ0v) is 12.1. The molecule has 4 heterocycles. The second-order valence-corrected chi connectivity index (χ2v) is 5.58. The minimum atomic E-state index is -0.729. The van der Waals surface area contributed by atoms with Crippen LogP contribution in [0.1, 0.15) is 10.4 Å². The number of fused-ring (bicyclic) bond motifs is 3. The van der Waals surface area contributed by atoms with Gasteiger partial charge in [-0.15, -0.1) is 0 Å². The van der Waals surface area contributed by atoms with E-state index in [4.69, 9.17) is 5.73 Å². The molecule has 4 rings (SSSR count). The van der Waals surface area contributed by atoms with Gasteiger partial charge in [-0.3, -0.25) is 24.7 Å². The predicted octanol–water partition coefficient (Wildman–Crippen LogP) is -0.500. The molecule has 3 fully saturated rings. The van der Waals surface area contributed by atoms with Gasteiger partial charge < -0.3 is 11.1 Å². The summed E-state index contributed by atoms with van der Waals surface area (Å²) in [5.41, 5.74) is 5.09. The molecule has 3 aliphatic heterocycles. The quantitative estimate of drug-likeness (QED) is 0.556. The van der Waals surface area contributed by atoms with Crippen LogP contribution in [0, 0.1) is 10.1 Å². The van der Waals surface area contributed by atoms with E-state index < -0.39 is 10.8 Å². The number of hydrogen-bond donors (Lipinski definition) is 2. The Morgan fingerprint density at radius 1 is 1.45 bits per heavy atom. The van der Waals surface area contributed by atoms with Crippen LogP contribution < -0.4 is 11.1 Å². The number of hydrogen-bond acceptors (Lipinski definition) is 7. The Hall–Kier alpha value is -2.26. The number of aromatic nitrogens is 1. The van der Waals surface area contributed by atoms with Crippen LogP contribution in [0.3, 0.4) is 0 Å². The third-order valence-corrected chi connectivity index (χ3v) is 4.25. The summed E-state index contributed by atoms with van der Waals surface area (Å²) >= 11 is 0. The molecule has 1 aromatic rings. The lowest BCUT2D eigenvalue weighted by molar-refractivity contribution is -0.385. The summed E-state index contributed by atoms with van der Waals surface area (Å²) < 4.78 is 0. The molecule has 2 bridgehead atoms. The predicted molar refractivity (Wildman–Crippen MR) is 79.7 cm³/mol. The van der Waals surface area contributed by atoms with Gasteiger partial charge in [-0.05, 0) is 0 Å². The molecule has 3 saturated heterocycles. The van der Waals surface area contributed by atoms with Crippen LogP contribution in [0.5, 0.6) is 0 Å². The first kappa shape index (κ1) is 14.7. The van der Waals surface area contributed by atoms with Gasteiger partial charge in [-0.1, -0.05) is 0 Å². The van der Waals surface area contributed by atoms with Crippen LogP contribution in [0.15, 0.2) is 12.3 Å². The Labute approximate surface area is 127 Å². The average Bonchev–Trinajstić information content (AvgIpc) is 2.53. The maximum absolute atomic E-state index is 11.5. The molecular weight excluding hydrogens is 288 g/mol. The molecule has 118 valence electrons. The van der Waals surface area contributed by atoms with Crippen LogP contribution in [0.25, 0.3) is 0 Å². The first-order valence-corrected chi connectivity index (χ1v) is 7.19. The molecule has 3 N–H and O–H groups in total. The third kappa shape index (κ3) is 2.85. The maximum atomic E-state index is 11.5. The third-order valence-electron chi connectivity index (χ3n) is 4.25. The van der Waals surface area contributed by atoms with Crippen LogP contribution in [0.4, 0.5) is 11.5 Å². The van der Waals surface area contributed by atoms with Gasteiger partial charge in [0, 0.05) is 51.4 Å². The second-order valence-electron chi connectivity index (χ2n) is 5.58. The molecule has 9 nitrogen and oxygen atoms in total. The zero-order valence-electron chi connectivity index (χ0n) is 12.1. The molecule has 0 aromatic carbocycles. The van der Waals surface area contributed by atoms with Crippen molar-refractivity contribution in [3.8, 4) is 0 Å². The monoisotopic (exact) mass is 306 g/mol. The number of carbonyl (C=O) groups excluding carboxylic acids is 1. The number of nitro groups is 1. The minimum absolute atomic E-state index is 0.0467. The number of anilines is 1. The number of primary amides is 1. The van der Waals surface area contributed by atoms with Crippen molar-refractivity contribution in [2.75, 3.05) is 44.6 Å². The summed E-state index contributed by atoms with van der Waals surface area (Å²) in [5.74, 6) is -0.427. The fourth-order valence-electron chi connectivity index (χ4n) is 3.01. The van der Waals surface area contributed by atoms with E-state index in [9.17, 15) is 14.9 Å². The molecular formula is C13H18N6O3. The van der Waals surface area contributed by atoms with E-state index in [1.807, 2.05) is 0 Å². The standard InChI is InChI=1S/C13H18N6O3/c14-12(20)11-5-9(19(21)22)6-15-13(11)16-7-10-8-17-1-3-18(10)4-2-17/h5-6,10H,1-4,7-8H2,(H2,14,20)(H,15,16). The lowest BCUT2D eigenvalue weighted by Gasteiger charge is -2.47. The fourth-order valence-corrected chi connectivity index (χ4v) is 3.01. The summed E-state index contributed by atoms with van der Waals surface area (Å²) in [6.07, 6.45) is 1.13. The highest BCUT2D eigenvalue weighted by molar-refractivity contribution is 5.98. The van der Waals surface area contributed by atoms with Crippen molar-refractivity contribution in [2.24, 2.45) is 5.73 Å². The van der Waals surface area contributed by atoms with Crippen molar-refractivity contribution >= 4 is 17.4 Å². The smallest absolute Gasteiger partial charge is 0.288 e. The van der Waals surface area contributed by atoms with Gasteiger partial charge in [0.05, 0.1) is 10.5 Å². The number of pyridine rings is 1. The first-order valence-electron chi connectivity index (χ1n) is 7.19. The molecule has 0 spiro atoms. The molecule has 1 unspecified atom stereocenters. The van der Waals surface area contributed by atoms with Crippen molar-refractivity contribution in [2.45, 2.75) is 6.04 Å². The van der Waals surface area contributed by atoms with E-state index in [-0.39, 0.29) is 11.3 Å². The van der Waals surface area contributed by atoms with E-state index in [1.165, 1.54) is 0 Å². The van der Waals surface area contributed by atoms with E-state index in [2.05, 4.69) is 20.1 Å². The Bertz CT molecular complexity index is 599.